The highest BCUT2D eigenvalue weighted by Gasteiger charge is 2.51. The molecular formula is C18H24NO5+. The lowest BCUT2D eigenvalue weighted by Gasteiger charge is -2.36. The zero-order valence-corrected chi connectivity index (χ0v) is 14.3. The Morgan fingerprint density at radius 1 is 1.33 bits per heavy atom. The predicted octanol–water partition coefficient (Wildman–Crippen LogP) is 2.74. The molecule has 1 aliphatic rings. The second-order valence-corrected chi connectivity index (χ2v) is 6.15. The number of amides is 1. The molecule has 1 N–H and O–H groups in total. The minimum Gasteiger partial charge on any atom is -0.444 e. The van der Waals surface area contributed by atoms with Crippen LogP contribution in [0.1, 0.15) is 32.8 Å². The molecule has 130 valence electrons. The summed E-state index contributed by atoms with van der Waals surface area (Å²) in [7, 11) is 0. The fraction of sp³-hybridized carbons (Fsp3) is 0.500. The molecule has 1 saturated heterocycles. The highest BCUT2D eigenvalue weighted by molar-refractivity contribution is 6.01. The van der Waals surface area contributed by atoms with Gasteiger partial charge in [-0.05, 0) is 11.5 Å². The summed E-state index contributed by atoms with van der Waals surface area (Å²) in [6.45, 7) is 5.53. The molecule has 1 fully saturated rings. The molecule has 0 aromatic heterocycles. The number of benzene rings is 1. The van der Waals surface area contributed by atoms with Crippen LogP contribution in [0.15, 0.2) is 30.3 Å². The molecule has 0 radical (unpaired) electrons. The maximum atomic E-state index is 12.5. The van der Waals surface area contributed by atoms with E-state index in [0.717, 1.165) is 5.56 Å². The molecule has 2 rings (SSSR count). The normalized spacial score (nSPS) is 20.7. The number of cyclic esters (lactones) is 1. The van der Waals surface area contributed by atoms with Gasteiger partial charge in [0.1, 0.15) is 6.61 Å². The van der Waals surface area contributed by atoms with Crippen LogP contribution in [0, 0.1) is 11.8 Å². The third kappa shape index (κ3) is 3.93. The summed E-state index contributed by atoms with van der Waals surface area (Å²) in [5, 5.41) is 0. The van der Waals surface area contributed by atoms with Crippen LogP contribution in [0.25, 0.3) is 0 Å². The monoisotopic (exact) mass is 334 g/mol. The number of carbonyl (C=O) groups excluding carboxylic acids is 3. The minimum absolute atomic E-state index is 0.0409. The van der Waals surface area contributed by atoms with Crippen LogP contribution in [-0.2, 0) is 20.9 Å². The van der Waals surface area contributed by atoms with E-state index in [2.05, 4.69) is 0 Å². The van der Waals surface area contributed by atoms with Gasteiger partial charge < -0.3 is 9.53 Å². The number of Topliss-reactive ketones (excluding diaryl/α,β-unsaturated/α-hetero) is 1. The lowest BCUT2D eigenvalue weighted by molar-refractivity contribution is -0.126. The van der Waals surface area contributed by atoms with Crippen LogP contribution in [0.5, 0.6) is 0 Å². The van der Waals surface area contributed by atoms with E-state index in [1.54, 1.807) is 6.92 Å². The van der Waals surface area contributed by atoms with E-state index in [0.29, 0.717) is 0 Å². The van der Waals surface area contributed by atoms with Crippen LogP contribution in [-0.4, -0.2) is 40.3 Å². The summed E-state index contributed by atoms with van der Waals surface area (Å²) in [4.78, 5) is 36.0. The van der Waals surface area contributed by atoms with Gasteiger partial charge in [-0.3, -0.25) is 9.53 Å². The fourth-order valence-electron chi connectivity index (χ4n) is 2.91. The second kappa shape index (κ2) is 7.95. The molecular weight excluding hydrogens is 310 g/mol. The Kier molecular flexibility index (Phi) is 5.95. The summed E-state index contributed by atoms with van der Waals surface area (Å²) in [6.07, 6.45) is -0.298. The number of nitrogens with zero attached hydrogens (tertiary/aromatic N) is 1. The first-order valence-electron chi connectivity index (χ1n) is 8.14. The number of hydrogen-bond acceptors (Lipinski definition) is 4. The average Bonchev–Trinajstić information content (AvgIpc) is 2.59. The first-order chi connectivity index (χ1) is 11.5. The Morgan fingerprint density at radius 2 is 2.00 bits per heavy atom. The summed E-state index contributed by atoms with van der Waals surface area (Å²) in [5.74, 6) is -1.35. The lowest BCUT2D eigenvalue weighted by Crippen LogP contribution is -2.57. The molecule has 2 atom stereocenters. The van der Waals surface area contributed by atoms with Crippen LogP contribution in [0.3, 0.4) is 0 Å². The molecule has 6 heteroatoms. The van der Waals surface area contributed by atoms with E-state index >= 15 is 0 Å². The van der Waals surface area contributed by atoms with Crippen LogP contribution in [0.2, 0.25) is 0 Å². The van der Waals surface area contributed by atoms with E-state index in [1.165, 1.54) is 4.90 Å². The molecule has 1 aromatic rings. The van der Waals surface area contributed by atoms with E-state index < -0.39 is 18.1 Å². The van der Waals surface area contributed by atoms with Gasteiger partial charge in [0, 0.05) is 6.42 Å². The summed E-state index contributed by atoms with van der Waals surface area (Å²) >= 11 is 0. The van der Waals surface area contributed by atoms with E-state index in [9.17, 15) is 14.4 Å². The van der Waals surface area contributed by atoms with Gasteiger partial charge >= 0.3 is 12.1 Å². The van der Waals surface area contributed by atoms with Gasteiger partial charge in [-0.25, -0.2) is 9.69 Å². The first-order valence-corrected chi connectivity index (χ1v) is 8.14. The molecule has 1 heterocycles. The van der Waals surface area contributed by atoms with Crippen LogP contribution < -0.4 is 0 Å². The van der Waals surface area contributed by atoms with Gasteiger partial charge in [0.15, 0.2) is 11.7 Å². The molecule has 1 amide bonds. The van der Waals surface area contributed by atoms with Crippen molar-refractivity contribution in [2.45, 2.75) is 39.8 Å². The van der Waals surface area contributed by atoms with E-state index in [-0.39, 0.29) is 37.4 Å². The van der Waals surface area contributed by atoms with Crippen molar-refractivity contribution in [3.8, 4) is 0 Å². The predicted molar refractivity (Wildman–Crippen MR) is 88.8 cm³/mol. The van der Waals surface area contributed by atoms with Crippen molar-refractivity contribution in [1.82, 2.24) is 4.90 Å². The van der Waals surface area contributed by atoms with Crippen molar-refractivity contribution in [3.05, 3.63) is 35.9 Å². The standard InChI is InChI=1S/C18H23NO5/c1-4-14(20)15-16(12(2)3)19(11-24-17(15)21)18(22)23-10-13-8-6-5-7-9-13/h5-9,12,15-16H,4,10-11H2,1-3H3/p+1/t15?,16-/m0/s1. The Morgan fingerprint density at radius 3 is 2.58 bits per heavy atom. The SMILES string of the molecule is CCC(=O)C1C(=[OH+])OCN(C(=O)OCc2ccccc2)[C@H]1C(C)C. The van der Waals surface area contributed by atoms with Crippen molar-refractivity contribution < 1.29 is 23.9 Å². The van der Waals surface area contributed by atoms with Gasteiger partial charge in [-0.1, -0.05) is 51.1 Å². The largest absolute Gasteiger partial charge is 0.497 e. The lowest BCUT2D eigenvalue weighted by atomic mass is 9.84. The number of ether oxygens (including phenoxy) is 2. The average molecular weight is 334 g/mol. The maximum Gasteiger partial charge on any atom is 0.497 e. The number of ketones is 1. The smallest absolute Gasteiger partial charge is 0.444 e. The molecule has 6 nitrogen and oxygen atoms in total. The molecule has 0 bridgehead atoms. The molecule has 0 aliphatic carbocycles. The fourth-order valence-corrected chi connectivity index (χ4v) is 2.91. The van der Waals surface area contributed by atoms with Crippen LogP contribution >= 0.6 is 0 Å². The van der Waals surface area contributed by atoms with Crippen molar-refractivity contribution >= 4 is 17.8 Å². The molecule has 1 aromatic carbocycles. The van der Waals surface area contributed by atoms with Crippen molar-refractivity contribution in [1.29, 1.82) is 0 Å². The third-order valence-electron chi connectivity index (χ3n) is 4.14. The van der Waals surface area contributed by atoms with E-state index in [1.807, 2.05) is 44.2 Å². The van der Waals surface area contributed by atoms with Gasteiger partial charge in [0.2, 0.25) is 0 Å². The number of esters is 1. The number of rotatable bonds is 5. The zero-order chi connectivity index (χ0) is 17.7. The summed E-state index contributed by atoms with van der Waals surface area (Å²) < 4.78 is 10.5. The highest BCUT2D eigenvalue weighted by Crippen LogP contribution is 2.28. The topological polar surface area (TPSA) is 77.2 Å². The van der Waals surface area contributed by atoms with Gasteiger partial charge in [0.05, 0.1) is 6.04 Å². The Labute approximate surface area is 141 Å². The third-order valence-corrected chi connectivity index (χ3v) is 4.14. The quantitative estimate of drug-likeness (QED) is 0.471. The number of carbonyl (C=O) groups is 2. The van der Waals surface area contributed by atoms with Gasteiger partial charge in [-0.2, -0.15) is 0 Å². The maximum absolute atomic E-state index is 12.5. The molecule has 0 saturated carbocycles. The highest BCUT2D eigenvalue weighted by atomic mass is 16.6. The summed E-state index contributed by atoms with van der Waals surface area (Å²) in [6, 6.07) is 8.86. The molecule has 24 heavy (non-hydrogen) atoms. The Hall–Kier alpha value is -2.37. The summed E-state index contributed by atoms with van der Waals surface area (Å²) in [5.41, 5.74) is 0.875. The van der Waals surface area contributed by atoms with E-state index in [4.69, 9.17) is 9.47 Å². The number of hydrogen-bond donors (Lipinski definition) is 0. The molecule has 1 aliphatic heterocycles. The molecule has 0 spiro atoms. The van der Waals surface area contributed by atoms with Gasteiger partial charge in [0.25, 0.3) is 6.73 Å². The van der Waals surface area contributed by atoms with Crippen molar-refractivity contribution in [3.63, 3.8) is 0 Å². The van der Waals surface area contributed by atoms with Crippen molar-refractivity contribution in [2.75, 3.05) is 6.73 Å². The minimum atomic E-state index is -0.840. The van der Waals surface area contributed by atoms with Crippen LogP contribution in [0.4, 0.5) is 4.79 Å². The first kappa shape index (κ1) is 18.0. The Balaban J connectivity index is 2.12. The van der Waals surface area contributed by atoms with Crippen molar-refractivity contribution in [2.24, 2.45) is 11.8 Å². The molecule has 1 unspecified atom stereocenters. The second-order valence-electron chi connectivity index (χ2n) is 6.15. The zero-order valence-electron chi connectivity index (χ0n) is 14.3. The Bertz CT molecular complexity index is 591. The van der Waals surface area contributed by atoms with Gasteiger partial charge in [-0.15, -0.1) is 0 Å².